The summed E-state index contributed by atoms with van der Waals surface area (Å²) in [7, 11) is 1.60. The predicted octanol–water partition coefficient (Wildman–Crippen LogP) is 2.95. The first-order valence-corrected chi connectivity index (χ1v) is 6.25. The second-order valence-corrected chi connectivity index (χ2v) is 4.78. The third kappa shape index (κ3) is 1.78. The summed E-state index contributed by atoms with van der Waals surface area (Å²) in [6.45, 7) is 0. The number of anilines is 1. The SMILES string of the molecule is COc1ccc(-c2nc3cccnc3s2)cc1N. The van der Waals surface area contributed by atoms with Gasteiger partial charge < -0.3 is 10.5 Å². The van der Waals surface area contributed by atoms with Crippen molar-refractivity contribution < 1.29 is 4.74 Å². The lowest BCUT2D eigenvalue weighted by Gasteiger charge is -2.04. The number of thiazole rings is 1. The van der Waals surface area contributed by atoms with Gasteiger partial charge in [0.2, 0.25) is 0 Å². The number of hydrogen-bond acceptors (Lipinski definition) is 5. The van der Waals surface area contributed by atoms with Crippen molar-refractivity contribution in [2.45, 2.75) is 0 Å². The Morgan fingerprint density at radius 2 is 2.17 bits per heavy atom. The van der Waals surface area contributed by atoms with Gasteiger partial charge >= 0.3 is 0 Å². The molecule has 2 heterocycles. The van der Waals surface area contributed by atoms with E-state index in [0.29, 0.717) is 11.4 Å². The van der Waals surface area contributed by atoms with Crippen LogP contribution < -0.4 is 10.5 Å². The summed E-state index contributed by atoms with van der Waals surface area (Å²) in [5, 5.41) is 0.915. The van der Waals surface area contributed by atoms with E-state index < -0.39 is 0 Å². The topological polar surface area (TPSA) is 61.0 Å². The van der Waals surface area contributed by atoms with Crippen molar-refractivity contribution in [2.75, 3.05) is 12.8 Å². The van der Waals surface area contributed by atoms with Gasteiger partial charge in [0.1, 0.15) is 21.1 Å². The normalized spacial score (nSPS) is 10.7. The molecule has 3 aromatic rings. The fourth-order valence-corrected chi connectivity index (χ4v) is 2.66. The highest BCUT2D eigenvalue weighted by atomic mass is 32.1. The predicted molar refractivity (Wildman–Crippen MR) is 73.8 cm³/mol. The summed E-state index contributed by atoms with van der Waals surface area (Å²) in [6.07, 6.45) is 1.77. The number of nitrogens with zero attached hydrogens (tertiary/aromatic N) is 2. The van der Waals surface area contributed by atoms with E-state index in [4.69, 9.17) is 10.5 Å². The molecule has 4 nitrogen and oxygen atoms in total. The number of hydrogen-bond donors (Lipinski definition) is 1. The molecule has 0 aliphatic rings. The lowest BCUT2D eigenvalue weighted by molar-refractivity contribution is 0.417. The molecule has 0 saturated heterocycles. The van der Waals surface area contributed by atoms with Crippen molar-refractivity contribution in [3.63, 3.8) is 0 Å². The molecule has 18 heavy (non-hydrogen) atoms. The fraction of sp³-hybridized carbons (Fsp3) is 0.0769. The second kappa shape index (κ2) is 4.27. The zero-order chi connectivity index (χ0) is 12.5. The Bertz CT molecular complexity index is 675. The van der Waals surface area contributed by atoms with Crippen LogP contribution in [0.5, 0.6) is 5.75 Å². The number of nitrogen functional groups attached to an aromatic ring is 1. The van der Waals surface area contributed by atoms with E-state index in [9.17, 15) is 0 Å². The van der Waals surface area contributed by atoms with Gasteiger partial charge in [0.05, 0.1) is 12.8 Å². The average Bonchev–Trinajstić information content (AvgIpc) is 2.82. The minimum absolute atomic E-state index is 0.613. The molecule has 0 amide bonds. The Hall–Kier alpha value is -2.14. The zero-order valence-electron chi connectivity index (χ0n) is 9.75. The molecule has 2 N–H and O–H groups in total. The Balaban J connectivity index is 2.11. The first-order chi connectivity index (χ1) is 8.78. The van der Waals surface area contributed by atoms with E-state index >= 15 is 0 Å². The molecule has 3 rings (SSSR count). The van der Waals surface area contributed by atoms with Crippen molar-refractivity contribution >= 4 is 27.4 Å². The van der Waals surface area contributed by atoms with E-state index in [1.54, 1.807) is 24.6 Å². The molecule has 0 atom stereocenters. The zero-order valence-corrected chi connectivity index (χ0v) is 10.6. The van der Waals surface area contributed by atoms with Gasteiger partial charge in [-0.3, -0.25) is 0 Å². The number of rotatable bonds is 2. The van der Waals surface area contributed by atoms with Crippen molar-refractivity contribution in [1.29, 1.82) is 0 Å². The van der Waals surface area contributed by atoms with Crippen LogP contribution in [0.3, 0.4) is 0 Å². The van der Waals surface area contributed by atoms with E-state index in [0.717, 1.165) is 20.9 Å². The molecular formula is C13H11N3OS. The van der Waals surface area contributed by atoms with Gasteiger partial charge in [-0.25, -0.2) is 9.97 Å². The van der Waals surface area contributed by atoms with Crippen LogP contribution in [-0.4, -0.2) is 17.1 Å². The van der Waals surface area contributed by atoms with Crippen LogP contribution in [0.2, 0.25) is 0 Å². The number of fused-ring (bicyclic) bond motifs is 1. The molecule has 0 spiro atoms. The summed E-state index contributed by atoms with van der Waals surface area (Å²) < 4.78 is 5.14. The maximum absolute atomic E-state index is 5.90. The van der Waals surface area contributed by atoms with Crippen LogP contribution >= 0.6 is 11.3 Å². The molecule has 0 radical (unpaired) electrons. The largest absolute Gasteiger partial charge is 0.495 e. The molecule has 0 fully saturated rings. The Morgan fingerprint density at radius 3 is 2.89 bits per heavy atom. The summed E-state index contributed by atoms with van der Waals surface area (Å²) in [5.74, 6) is 0.679. The van der Waals surface area contributed by atoms with E-state index in [2.05, 4.69) is 9.97 Å². The second-order valence-electron chi connectivity index (χ2n) is 3.80. The van der Waals surface area contributed by atoms with E-state index in [1.807, 2.05) is 30.3 Å². The first kappa shape index (κ1) is 11.0. The number of benzene rings is 1. The molecule has 0 aliphatic carbocycles. The van der Waals surface area contributed by atoms with Gasteiger partial charge in [-0.2, -0.15) is 0 Å². The third-order valence-corrected chi connectivity index (χ3v) is 3.67. The minimum Gasteiger partial charge on any atom is -0.495 e. The van der Waals surface area contributed by atoms with Crippen molar-refractivity contribution in [1.82, 2.24) is 9.97 Å². The van der Waals surface area contributed by atoms with Crippen LogP contribution in [0.25, 0.3) is 20.9 Å². The van der Waals surface area contributed by atoms with E-state index in [1.165, 1.54) is 0 Å². The van der Waals surface area contributed by atoms with Crippen molar-refractivity contribution in [3.8, 4) is 16.3 Å². The van der Waals surface area contributed by atoms with Crippen LogP contribution in [0.4, 0.5) is 5.69 Å². The van der Waals surface area contributed by atoms with Crippen LogP contribution in [-0.2, 0) is 0 Å². The highest BCUT2D eigenvalue weighted by Crippen LogP contribution is 2.32. The molecule has 0 saturated carbocycles. The summed E-state index contributed by atoms with van der Waals surface area (Å²) in [6, 6.07) is 9.51. The molecule has 0 aliphatic heterocycles. The van der Waals surface area contributed by atoms with E-state index in [-0.39, 0.29) is 0 Å². The maximum atomic E-state index is 5.90. The quantitative estimate of drug-likeness (QED) is 0.717. The molecule has 0 bridgehead atoms. The first-order valence-electron chi connectivity index (χ1n) is 5.43. The van der Waals surface area contributed by atoms with Crippen LogP contribution in [0.15, 0.2) is 36.5 Å². The summed E-state index contributed by atoms with van der Waals surface area (Å²) >= 11 is 1.55. The Kier molecular flexibility index (Phi) is 2.60. The molecule has 2 aromatic heterocycles. The van der Waals surface area contributed by atoms with Gasteiger partial charge in [-0.1, -0.05) is 11.3 Å². The molecule has 1 aromatic carbocycles. The minimum atomic E-state index is 0.613. The van der Waals surface area contributed by atoms with Crippen LogP contribution in [0.1, 0.15) is 0 Å². The number of nitrogens with two attached hydrogens (primary N) is 1. The van der Waals surface area contributed by atoms with Gasteiger partial charge in [0, 0.05) is 11.8 Å². The molecule has 5 heteroatoms. The lowest BCUT2D eigenvalue weighted by atomic mass is 10.2. The highest BCUT2D eigenvalue weighted by Gasteiger charge is 2.08. The third-order valence-electron chi connectivity index (χ3n) is 2.64. The number of methoxy groups -OCH3 is 1. The smallest absolute Gasteiger partial charge is 0.143 e. The number of ether oxygens (including phenoxy) is 1. The standard InChI is InChI=1S/C13H11N3OS/c1-17-11-5-4-8(7-9(11)14)12-16-10-3-2-6-15-13(10)18-12/h2-7H,14H2,1H3. The fourth-order valence-electron chi connectivity index (χ4n) is 1.76. The molecular weight excluding hydrogens is 246 g/mol. The Morgan fingerprint density at radius 1 is 1.28 bits per heavy atom. The average molecular weight is 257 g/mol. The highest BCUT2D eigenvalue weighted by molar-refractivity contribution is 7.21. The summed E-state index contributed by atoms with van der Waals surface area (Å²) in [4.78, 5) is 9.76. The number of aromatic nitrogens is 2. The van der Waals surface area contributed by atoms with Gasteiger partial charge in [0.15, 0.2) is 0 Å². The Labute approximate surface area is 108 Å². The monoisotopic (exact) mass is 257 g/mol. The lowest BCUT2D eigenvalue weighted by Crippen LogP contribution is -1.92. The van der Waals surface area contributed by atoms with Gasteiger partial charge in [-0.15, -0.1) is 0 Å². The van der Waals surface area contributed by atoms with Crippen molar-refractivity contribution in [3.05, 3.63) is 36.5 Å². The molecule has 0 unspecified atom stereocenters. The van der Waals surface area contributed by atoms with Crippen molar-refractivity contribution in [2.24, 2.45) is 0 Å². The summed E-state index contributed by atoms with van der Waals surface area (Å²) in [5.41, 5.74) is 8.40. The molecule has 90 valence electrons. The van der Waals surface area contributed by atoms with Crippen LogP contribution in [0, 0.1) is 0 Å². The van der Waals surface area contributed by atoms with Gasteiger partial charge in [0.25, 0.3) is 0 Å². The van der Waals surface area contributed by atoms with Gasteiger partial charge in [-0.05, 0) is 30.3 Å². The number of pyridine rings is 1. The maximum Gasteiger partial charge on any atom is 0.143 e.